The third-order valence-corrected chi connectivity index (χ3v) is 7.01. The van der Waals surface area contributed by atoms with Crippen LogP contribution in [0.4, 0.5) is 0 Å². The molecule has 0 spiro atoms. The number of hydrogen-bond acceptors (Lipinski definition) is 1. The third-order valence-electron chi connectivity index (χ3n) is 4.74. The average molecular weight is 322 g/mol. The molecule has 2 aromatic carbocycles. The van der Waals surface area contributed by atoms with Gasteiger partial charge in [-0.15, -0.1) is 0 Å². The smallest absolute Gasteiger partial charge is 0.260 e. The molecule has 0 bridgehead atoms. The standard InChI is InChI=1S/C20H19O2P/c21-23(22)19(15-9-3-1-4-10-15)17-13-7-8-14-18(17)20(23)16-11-5-2-6-12-16/h1-6,9-12H,7-8,13-14H2,(H,21,22). The molecule has 1 fully saturated rings. The monoisotopic (exact) mass is 322 g/mol. The lowest BCUT2D eigenvalue weighted by Crippen LogP contribution is -1.98. The van der Waals surface area contributed by atoms with Crippen LogP contribution in [0.3, 0.4) is 0 Å². The van der Waals surface area contributed by atoms with Crippen LogP contribution < -0.4 is 0 Å². The molecule has 0 radical (unpaired) electrons. The molecule has 3 heteroatoms. The van der Waals surface area contributed by atoms with Crippen LogP contribution in [0.1, 0.15) is 36.8 Å². The minimum absolute atomic E-state index is 0.673. The van der Waals surface area contributed by atoms with Crippen molar-refractivity contribution in [3.63, 3.8) is 0 Å². The van der Waals surface area contributed by atoms with Crippen molar-refractivity contribution in [1.82, 2.24) is 0 Å². The Morgan fingerprint density at radius 3 is 1.48 bits per heavy atom. The maximum Gasteiger partial charge on any atom is 0.260 e. The van der Waals surface area contributed by atoms with Crippen molar-refractivity contribution < 1.29 is 9.46 Å². The fourth-order valence-corrected chi connectivity index (χ4v) is 6.24. The summed E-state index contributed by atoms with van der Waals surface area (Å²) in [5.41, 5.74) is 4.01. The second-order valence-electron chi connectivity index (χ2n) is 6.17. The van der Waals surface area contributed by atoms with Crippen molar-refractivity contribution >= 4 is 18.0 Å². The van der Waals surface area contributed by atoms with E-state index in [1.165, 1.54) is 0 Å². The molecule has 2 aliphatic rings. The molecule has 23 heavy (non-hydrogen) atoms. The maximum atomic E-state index is 13.5. The van der Waals surface area contributed by atoms with Crippen molar-refractivity contribution in [1.29, 1.82) is 0 Å². The largest absolute Gasteiger partial charge is 0.338 e. The maximum absolute atomic E-state index is 13.5. The SMILES string of the molecule is O=P1(O)C(c2ccccc2)=C2CCCCC2=C1c1ccccc1. The van der Waals surface area contributed by atoms with E-state index in [1.54, 1.807) is 0 Å². The third kappa shape index (κ3) is 2.34. The van der Waals surface area contributed by atoms with Crippen molar-refractivity contribution in [2.75, 3.05) is 0 Å². The molecule has 0 atom stereocenters. The van der Waals surface area contributed by atoms with Gasteiger partial charge in [0.2, 0.25) is 0 Å². The lowest BCUT2D eigenvalue weighted by atomic mass is 9.87. The zero-order chi connectivity index (χ0) is 15.9. The van der Waals surface area contributed by atoms with E-state index in [0.29, 0.717) is 10.6 Å². The van der Waals surface area contributed by atoms with Gasteiger partial charge in [-0.3, -0.25) is 4.57 Å². The Balaban J connectivity index is 1.96. The number of hydrogen-bond donors (Lipinski definition) is 1. The van der Waals surface area contributed by atoms with Gasteiger partial charge in [0.1, 0.15) is 0 Å². The van der Waals surface area contributed by atoms with Crippen LogP contribution in [0, 0.1) is 0 Å². The van der Waals surface area contributed by atoms with Gasteiger partial charge < -0.3 is 4.89 Å². The first kappa shape index (κ1) is 14.7. The Kier molecular flexibility index (Phi) is 3.60. The van der Waals surface area contributed by atoms with Crippen LogP contribution in [0.15, 0.2) is 71.8 Å². The lowest BCUT2D eigenvalue weighted by molar-refractivity contribution is 0.503. The molecule has 1 aliphatic heterocycles. The van der Waals surface area contributed by atoms with Crippen molar-refractivity contribution in [3.8, 4) is 0 Å². The number of rotatable bonds is 2. The summed E-state index contributed by atoms with van der Waals surface area (Å²) in [6.45, 7) is 0. The number of allylic oxidation sites excluding steroid dienone is 2. The average Bonchev–Trinajstić information content (AvgIpc) is 2.82. The van der Waals surface area contributed by atoms with E-state index >= 15 is 0 Å². The lowest BCUT2D eigenvalue weighted by Gasteiger charge is -2.17. The van der Waals surface area contributed by atoms with Crippen molar-refractivity contribution in [2.24, 2.45) is 0 Å². The minimum atomic E-state index is -3.55. The summed E-state index contributed by atoms with van der Waals surface area (Å²) in [4.78, 5) is 11.1. The summed E-state index contributed by atoms with van der Waals surface area (Å²) in [6.07, 6.45) is 4.00. The molecule has 0 unspecified atom stereocenters. The van der Waals surface area contributed by atoms with Crippen LogP contribution >= 0.6 is 7.37 Å². The van der Waals surface area contributed by atoms with E-state index in [9.17, 15) is 9.46 Å². The van der Waals surface area contributed by atoms with Crippen molar-refractivity contribution in [3.05, 3.63) is 82.9 Å². The summed E-state index contributed by atoms with van der Waals surface area (Å²) >= 11 is 0. The van der Waals surface area contributed by atoms with Crippen LogP contribution in [-0.2, 0) is 4.57 Å². The quantitative estimate of drug-likeness (QED) is 0.724. The summed E-state index contributed by atoms with van der Waals surface area (Å²) in [7, 11) is -3.55. The highest BCUT2D eigenvalue weighted by atomic mass is 31.2. The van der Waals surface area contributed by atoms with Gasteiger partial charge >= 0.3 is 0 Å². The van der Waals surface area contributed by atoms with Gasteiger partial charge in [0.15, 0.2) is 0 Å². The Labute approximate surface area is 136 Å². The first-order valence-corrected chi connectivity index (χ1v) is 9.77. The normalized spacial score (nSPS) is 19.9. The first-order chi connectivity index (χ1) is 11.2. The van der Waals surface area contributed by atoms with E-state index in [1.807, 2.05) is 60.7 Å². The fourth-order valence-electron chi connectivity index (χ4n) is 3.80. The molecule has 0 saturated heterocycles. The highest BCUT2D eigenvalue weighted by Gasteiger charge is 2.43. The zero-order valence-corrected chi connectivity index (χ0v) is 13.8. The molecular weight excluding hydrogens is 303 g/mol. The highest BCUT2D eigenvalue weighted by molar-refractivity contribution is 7.79. The molecular formula is C20H19O2P. The van der Waals surface area contributed by atoms with Gasteiger partial charge in [0.25, 0.3) is 7.37 Å². The summed E-state index contributed by atoms with van der Waals surface area (Å²) in [5.74, 6) is 0. The molecule has 116 valence electrons. The first-order valence-electron chi connectivity index (χ1n) is 8.11. The second-order valence-corrected chi connectivity index (χ2v) is 8.22. The van der Waals surface area contributed by atoms with E-state index in [4.69, 9.17) is 0 Å². The predicted octanol–water partition coefficient (Wildman–Crippen LogP) is 5.67. The van der Waals surface area contributed by atoms with Gasteiger partial charge in [-0.1, -0.05) is 60.7 Å². The fraction of sp³-hybridized carbons (Fsp3) is 0.200. The Morgan fingerprint density at radius 1 is 0.696 bits per heavy atom. The van der Waals surface area contributed by atoms with Crippen LogP contribution in [-0.4, -0.2) is 4.89 Å². The zero-order valence-electron chi connectivity index (χ0n) is 12.9. The van der Waals surface area contributed by atoms with Crippen molar-refractivity contribution in [2.45, 2.75) is 25.7 Å². The summed E-state index contributed by atoms with van der Waals surface area (Å²) in [6, 6.07) is 19.4. The topological polar surface area (TPSA) is 37.3 Å². The van der Waals surface area contributed by atoms with Gasteiger partial charge in [0.05, 0.1) is 10.6 Å². The van der Waals surface area contributed by atoms with Crippen LogP contribution in [0.5, 0.6) is 0 Å². The van der Waals surface area contributed by atoms with Gasteiger partial charge in [-0.2, -0.15) is 0 Å². The Hall–Kier alpha value is -1.89. The second kappa shape index (κ2) is 5.63. The molecule has 4 rings (SSSR count). The van der Waals surface area contributed by atoms with Crippen LogP contribution in [0.25, 0.3) is 10.6 Å². The highest BCUT2D eigenvalue weighted by Crippen LogP contribution is 2.73. The molecule has 0 aromatic heterocycles. The molecule has 2 aromatic rings. The minimum Gasteiger partial charge on any atom is -0.338 e. The molecule has 2 nitrogen and oxygen atoms in total. The molecule has 1 saturated carbocycles. The number of benzene rings is 2. The van der Waals surface area contributed by atoms with E-state index in [0.717, 1.165) is 48.0 Å². The molecule has 1 heterocycles. The van der Waals surface area contributed by atoms with Gasteiger partial charge in [-0.25, -0.2) is 0 Å². The summed E-state index contributed by atoms with van der Waals surface area (Å²) in [5, 5.41) is 1.35. The van der Waals surface area contributed by atoms with Crippen LogP contribution in [0.2, 0.25) is 0 Å². The number of fused-ring (bicyclic) bond motifs is 1. The van der Waals surface area contributed by atoms with E-state index in [2.05, 4.69) is 0 Å². The van der Waals surface area contributed by atoms with E-state index < -0.39 is 7.37 Å². The van der Waals surface area contributed by atoms with Gasteiger partial charge in [0, 0.05) is 0 Å². The van der Waals surface area contributed by atoms with Gasteiger partial charge in [-0.05, 0) is 48.0 Å². The molecule has 1 aliphatic carbocycles. The predicted molar refractivity (Wildman–Crippen MR) is 95.0 cm³/mol. The Bertz CT molecular complexity index is 778. The molecule has 1 N–H and O–H groups in total. The summed E-state index contributed by atoms with van der Waals surface area (Å²) < 4.78 is 13.5. The molecule has 0 amide bonds. The van der Waals surface area contributed by atoms with E-state index in [-0.39, 0.29) is 0 Å². The Morgan fingerprint density at radius 2 is 1.09 bits per heavy atom.